The second kappa shape index (κ2) is 9.88. The van der Waals surface area contributed by atoms with Crippen molar-refractivity contribution in [2.45, 2.75) is 46.3 Å². The minimum atomic E-state index is -0.941. The number of rotatable bonds is 7. The molecule has 0 fully saturated rings. The van der Waals surface area contributed by atoms with E-state index in [9.17, 15) is 19.7 Å². The molecule has 1 aliphatic heterocycles. The molecule has 3 aromatic rings. The Morgan fingerprint density at radius 2 is 1.86 bits per heavy atom. The third-order valence-electron chi connectivity index (χ3n) is 6.53. The number of pyridine rings is 1. The van der Waals surface area contributed by atoms with E-state index >= 15 is 0 Å². The minimum Gasteiger partial charge on any atom is -0.489 e. The number of nitro benzene ring substituents is 1. The van der Waals surface area contributed by atoms with E-state index in [-0.39, 0.29) is 36.0 Å². The van der Waals surface area contributed by atoms with E-state index in [2.05, 4.69) is 10.3 Å². The molecule has 0 bridgehead atoms. The second-order valence-electron chi connectivity index (χ2n) is 9.42. The Hall–Kier alpha value is -4.47. The highest BCUT2D eigenvalue weighted by atomic mass is 16.6. The summed E-state index contributed by atoms with van der Waals surface area (Å²) in [6.07, 6.45) is 1.45. The molecule has 2 aromatic carbocycles. The zero-order valence-electron chi connectivity index (χ0n) is 21.1. The molecular weight excluding hydrogens is 476 g/mol. The molecule has 0 aliphatic carbocycles. The summed E-state index contributed by atoms with van der Waals surface area (Å²) in [5.41, 5.74) is 7.50. The van der Waals surface area contributed by atoms with Crippen molar-refractivity contribution < 1.29 is 24.0 Å². The van der Waals surface area contributed by atoms with E-state index in [0.29, 0.717) is 46.1 Å². The van der Waals surface area contributed by atoms with E-state index in [1.165, 1.54) is 6.20 Å². The van der Waals surface area contributed by atoms with Crippen molar-refractivity contribution in [3.63, 3.8) is 0 Å². The highest BCUT2D eigenvalue weighted by molar-refractivity contribution is 6.03. The summed E-state index contributed by atoms with van der Waals surface area (Å²) in [5, 5.41) is 14.4. The maximum Gasteiger partial charge on any atom is 0.276 e. The molecule has 192 valence electrons. The van der Waals surface area contributed by atoms with Gasteiger partial charge in [-0.3, -0.25) is 19.7 Å². The number of Topliss-reactive ketones (excluding diaryl/α,β-unsaturated/α-hetero) is 1. The largest absolute Gasteiger partial charge is 0.489 e. The molecule has 0 saturated carbocycles. The number of nitrogens with zero attached hydrogens (tertiary/aromatic N) is 2. The van der Waals surface area contributed by atoms with Crippen LogP contribution in [0.15, 0.2) is 42.6 Å². The molecule has 1 aromatic heterocycles. The van der Waals surface area contributed by atoms with Crippen molar-refractivity contribution in [1.82, 2.24) is 10.3 Å². The first-order valence-electron chi connectivity index (χ1n) is 11.7. The Morgan fingerprint density at radius 1 is 1.16 bits per heavy atom. The van der Waals surface area contributed by atoms with E-state index in [0.717, 1.165) is 5.56 Å². The van der Waals surface area contributed by atoms with E-state index in [4.69, 9.17) is 15.2 Å². The third-order valence-corrected chi connectivity index (χ3v) is 6.53. The van der Waals surface area contributed by atoms with Gasteiger partial charge in [-0.1, -0.05) is 12.1 Å². The number of hydrogen-bond acceptors (Lipinski definition) is 8. The molecule has 4 rings (SSSR count). The molecule has 1 unspecified atom stereocenters. The van der Waals surface area contributed by atoms with Crippen LogP contribution in [0.4, 0.5) is 11.5 Å². The number of anilines is 1. The van der Waals surface area contributed by atoms with Crippen molar-refractivity contribution >= 4 is 23.2 Å². The molecule has 37 heavy (non-hydrogen) atoms. The summed E-state index contributed by atoms with van der Waals surface area (Å²) in [6, 6.07) is 10.4. The molecule has 3 N–H and O–H groups in total. The fraction of sp³-hybridized carbons (Fsp3) is 0.296. The molecule has 10 heteroatoms. The predicted molar refractivity (Wildman–Crippen MR) is 137 cm³/mol. The smallest absolute Gasteiger partial charge is 0.276 e. The van der Waals surface area contributed by atoms with Gasteiger partial charge in [0.15, 0.2) is 5.78 Å². The lowest BCUT2D eigenvalue weighted by Crippen LogP contribution is -2.45. The number of ketones is 1. The van der Waals surface area contributed by atoms with Crippen molar-refractivity contribution in [2.24, 2.45) is 0 Å². The van der Waals surface area contributed by atoms with Gasteiger partial charge >= 0.3 is 0 Å². The quantitative estimate of drug-likeness (QED) is 0.359. The Kier molecular flexibility index (Phi) is 6.84. The van der Waals surface area contributed by atoms with Gasteiger partial charge in [-0.2, -0.15) is 0 Å². The van der Waals surface area contributed by atoms with Gasteiger partial charge in [-0.25, -0.2) is 4.98 Å². The Labute approximate surface area is 214 Å². The minimum absolute atomic E-state index is 0.0323. The maximum atomic E-state index is 13.1. The van der Waals surface area contributed by atoms with Crippen LogP contribution in [0.25, 0.3) is 0 Å². The van der Waals surface area contributed by atoms with Gasteiger partial charge in [0.05, 0.1) is 22.5 Å². The van der Waals surface area contributed by atoms with Crippen LogP contribution in [-0.2, 0) is 6.54 Å². The Morgan fingerprint density at radius 3 is 2.49 bits per heavy atom. The predicted octanol–water partition coefficient (Wildman–Crippen LogP) is 4.23. The number of nitrogens with two attached hydrogens (primary N) is 1. The fourth-order valence-corrected chi connectivity index (χ4v) is 4.40. The van der Waals surface area contributed by atoms with Crippen LogP contribution < -0.4 is 20.5 Å². The average molecular weight is 505 g/mol. The summed E-state index contributed by atoms with van der Waals surface area (Å²) in [6.45, 7) is 7.18. The summed E-state index contributed by atoms with van der Waals surface area (Å²) in [7, 11) is 0. The van der Waals surface area contributed by atoms with E-state index in [1.807, 2.05) is 12.1 Å². The van der Waals surface area contributed by atoms with E-state index in [1.54, 1.807) is 52.0 Å². The second-order valence-corrected chi connectivity index (χ2v) is 9.42. The first-order chi connectivity index (χ1) is 17.5. The molecule has 2 heterocycles. The standard InChI is InChI=1S/C27H28N4O6/c1-15-16(2)25-23(17(3)24(15)31(34)35)21(32)11-27(4,37-25)14-36-20-8-5-18(6-9-20)12-30-26(33)19-7-10-22(28)29-13-19/h5-10,13H,11-12,14H2,1-4H3,(H2,28,29)(H,30,33). The van der Waals surface area contributed by atoms with Crippen LogP contribution in [0.5, 0.6) is 11.5 Å². The van der Waals surface area contributed by atoms with E-state index < -0.39 is 10.5 Å². The van der Waals surface area contributed by atoms with Crippen molar-refractivity contribution in [3.05, 3.63) is 86.1 Å². The van der Waals surface area contributed by atoms with Gasteiger partial charge in [0.2, 0.25) is 0 Å². The first-order valence-corrected chi connectivity index (χ1v) is 11.7. The molecule has 1 aliphatic rings. The maximum absolute atomic E-state index is 13.1. The van der Waals surface area contributed by atoms with Crippen LogP contribution in [0.2, 0.25) is 0 Å². The van der Waals surface area contributed by atoms with Gasteiger partial charge < -0.3 is 20.5 Å². The van der Waals surface area contributed by atoms with Crippen LogP contribution in [0, 0.1) is 30.9 Å². The number of nitrogen functional groups attached to an aromatic ring is 1. The van der Waals surface area contributed by atoms with Crippen LogP contribution >= 0.6 is 0 Å². The Balaban J connectivity index is 1.41. The lowest BCUT2D eigenvalue weighted by molar-refractivity contribution is -0.386. The van der Waals surface area contributed by atoms with Gasteiger partial charge in [-0.15, -0.1) is 0 Å². The fourth-order valence-electron chi connectivity index (χ4n) is 4.40. The Bertz CT molecular complexity index is 1390. The van der Waals surface area contributed by atoms with Crippen LogP contribution in [0.1, 0.15) is 56.3 Å². The van der Waals surface area contributed by atoms with Gasteiger partial charge in [-0.05, 0) is 57.5 Å². The number of amides is 1. The number of nitrogens with one attached hydrogen (secondary N) is 1. The molecule has 1 amide bonds. The number of ether oxygens (including phenoxy) is 2. The molecule has 0 spiro atoms. The molecular formula is C27H28N4O6. The number of nitro groups is 1. The number of carbonyl (C=O) groups excluding carboxylic acids is 2. The monoisotopic (exact) mass is 504 g/mol. The van der Waals surface area contributed by atoms with Gasteiger partial charge in [0, 0.05) is 29.4 Å². The molecule has 10 nitrogen and oxygen atoms in total. The molecule has 0 saturated heterocycles. The molecule has 1 atom stereocenters. The summed E-state index contributed by atoms with van der Waals surface area (Å²) >= 11 is 0. The van der Waals surface area contributed by atoms with Gasteiger partial charge in [0.1, 0.15) is 29.5 Å². The third kappa shape index (κ3) is 5.23. The SMILES string of the molecule is Cc1c(C)c([N+](=O)[O-])c(C)c2c1OC(C)(COc1ccc(CNC(=O)c3ccc(N)nc3)cc1)CC2=O. The lowest BCUT2D eigenvalue weighted by atomic mass is 9.86. The lowest BCUT2D eigenvalue weighted by Gasteiger charge is -2.36. The highest BCUT2D eigenvalue weighted by Crippen LogP contribution is 2.43. The number of hydrogen-bond donors (Lipinski definition) is 2. The van der Waals surface area contributed by atoms with Gasteiger partial charge in [0.25, 0.3) is 11.6 Å². The summed E-state index contributed by atoms with van der Waals surface area (Å²) in [5.74, 6) is 0.834. The molecule has 0 radical (unpaired) electrons. The number of carbonyl (C=O) groups is 2. The normalized spacial score (nSPS) is 16.5. The summed E-state index contributed by atoms with van der Waals surface area (Å²) in [4.78, 5) is 40.3. The van der Waals surface area contributed by atoms with Crippen LogP contribution in [0.3, 0.4) is 0 Å². The first kappa shape index (κ1) is 25.6. The number of fused-ring (bicyclic) bond motifs is 1. The topological polar surface area (TPSA) is 147 Å². The zero-order chi connectivity index (χ0) is 26.9. The number of aromatic nitrogens is 1. The van der Waals surface area contributed by atoms with Crippen molar-refractivity contribution in [3.8, 4) is 11.5 Å². The highest BCUT2D eigenvalue weighted by Gasteiger charge is 2.41. The van der Waals surface area contributed by atoms with Crippen molar-refractivity contribution in [2.75, 3.05) is 12.3 Å². The zero-order valence-corrected chi connectivity index (χ0v) is 21.1. The van der Waals surface area contributed by atoms with Crippen LogP contribution in [-0.4, -0.2) is 33.8 Å². The average Bonchev–Trinajstić information content (AvgIpc) is 2.85. The number of benzene rings is 2. The summed E-state index contributed by atoms with van der Waals surface area (Å²) < 4.78 is 12.2. The van der Waals surface area contributed by atoms with Crippen molar-refractivity contribution in [1.29, 1.82) is 0 Å².